The van der Waals surface area contributed by atoms with Gasteiger partial charge in [-0.3, -0.25) is 0 Å². The van der Waals surface area contributed by atoms with Crippen molar-refractivity contribution < 1.29 is 9.63 Å². The van der Waals surface area contributed by atoms with E-state index in [0.29, 0.717) is 5.92 Å². The van der Waals surface area contributed by atoms with Crippen LogP contribution in [0.25, 0.3) is 0 Å². The summed E-state index contributed by atoms with van der Waals surface area (Å²) in [7, 11) is 0. The van der Waals surface area contributed by atoms with E-state index in [2.05, 4.69) is 5.16 Å². The average Bonchev–Trinajstić information content (AvgIpc) is 2.80. The molecule has 1 heterocycles. The third kappa shape index (κ3) is 1.85. The van der Waals surface area contributed by atoms with E-state index >= 15 is 0 Å². The van der Waals surface area contributed by atoms with Crippen LogP contribution in [0.2, 0.25) is 0 Å². The molecule has 1 fully saturated rings. The van der Waals surface area contributed by atoms with E-state index in [1.54, 1.807) is 12.5 Å². The van der Waals surface area contributed by atoms with Crippen LogP contribution in [0, 0.1) is 5.92 Å². The molecule has 66 valence electrons. The van der Waals surface area contributed by atoms with Gasteiger partial charge >= 0.3 is 0 Å². The van der Waals surface area contributed by atoms with Crippen LogP contribution in [0.3, 0.4) is 0 Å². The predicted octanol–water partition coefficient (Wildman–Crippen LogP) is 1.38. The second-order valence-corrected chi connectivity index (χ2v) is 3.48. The highest BCUT2D eigenvalue weighted by Crippen LogP contribution is 2.34. The van der Waals surface area contributed by atoms with Gasteiger partial charge in [-0.05, 0) is 31.6 Å². The fraction of sp³-hybridized carbons (Fsp3) is 0.667. The van der Waals surface area contributed by atoms with E-state index in [0.717, 1.165) is 18.4 Å². The molecule has 12 heavy (non-hydrogen) atoms. The molecule has 0 aliphatic heterocycles. The van der Waals surface area contributed by atoms with Crippen LogP contribution < -0.4 is 0 Å². The highest BCUT2D eigenvalue weighted by molar-refractivity contribution is 5.00. The lowest BCUT2D eigenvalue weighted by Crippen LogP contribution is -2.09. The van der Waals surface area contributed by atoms with Crippen molar-refractivity contribution in [2.24, 2.45) is 5.92 Å². The molecule has 1 unspecified atom stereocenters. The molecule has 3 heteroatoms. The van der Waals surface area contributed by atoms with E-state index in [9.17, 15) is 5.11 Å². The van der Waals surface area contributed by atoms with Crippen LogP contribution in [-0.4, -0.2) is 16.4 Å². The molecule has 2 rings (SSSR count). The molecule has 0 bridgehead atoms. The molecule has 1 atom stereocenters. The molecule has 1 aromatic heterocycles. The first kappa shape index (κ1) is 7.80. The Morgan fingerprint density at radius 1 is 1.67 bits per heavy atom. The molecule has 0 aromatic carbocycles. The Morgan fingerprint density at radius 2 is 2.50 bits per heavy atom. The Labute approximate surface area is 71.4 Å². The Hall–Kier alpha value is -0.830. The molecule has 1 saturated carbocycles. The van der Waals surface area contributed by atoms with Crippen LogP contribution in [0.1, 0.15) is 24.8 Å². The normalized spacial score (nSPS) is 19.4. The van der Waals surface area contributed by atoms with Crippen LogP contribution in [0.4, 0.5) is 0 Å². The predicted molar refractivity (Wildman–Crippen MR) is 43.6 cm³/mol. The quantitative estimate of drug-likeness (QED) is 0.736. The van der Waals surface area contributed by atoms with Crippen LogP contribution in [-0.2, 0) is 6.42 Å². The lowest BCUT2D eigenvalue weighted by atomic mass is 10.1. The number of aromatic nitrogens is 1. The summed E-state index contributed by atoms with van der Waals surface area (Å²) in [5.41, 5.74) is 1.08. The fourth-order valence-corrected chi connectivity index (χ4v) is 1.38. The van der Waals surface area contributed by atoms with Crippen LogP contribution in [0.5, 0.6) is 0 Å². The molecular weight excluding hydrogens is 154 g/mol. The summed E-state index contributed by atoms with van der Waals surface area (Å²) in [4.78, 5) is 0. The molecule has 1 aliphatic rings. The van der Waals surface area contributed by atoms with Gasteiger partial charge in [0.2, 0.25) is 0 Å². The maximum Gasteiger partial charge on any atom is 0.126 e. The highest BCUT2D eigenvalue weighted by atomic mass is 16.5. The summed E-state index contributed by atoms with van der Waals surface area (Å²) in [5, 5.41) is 13.1. The minimum atomic E-state index is -0.111. The van der Waals surface area contributed by atoms with Gasteiger partial charge in [-0.25, -0.2) is 0 Å². The fourth-order valence-electron chi connectivity index (χ4n) is 1.38. The molecule has 3 nitrogen and oxygen atoms in total. The third-order valence-electron chi connectivity index (χ3n) is 2.38. The van der Waals surface area contributed by atoms with Crippen molar-refractivity contribution >= 4 is 0 Å². The minimum absolute atomic E-state index is 0.111. The summed E-state index contributed by atoms with van der Waals surface area (Å²) >= 11 is 0. The first-order valence-electron chi connectivity index (χ1n) is 4.42. The van der Waals surface area contributed by atoms with Gasteiger partial charge in [-0.15, -0.1) is 0 Å². The van der Waals surface area contributed by atoms with Crippen molar-refractivity contribution in [3.63, 3.8) is 0 Å². The first-order valence-corrected chi connectivity index (χ1v) is 4.42. The van der Waals surface area contributed by atoms with Crippen molar-refractivity contribution in [3.05, 3.63) is 18.0 Å². The molecule has 0 amide bonds. The molecule has 1 aromatic rings. The van der Waals surface area contributed by atoms with Gasteiger partial charge in [0.05, 0.1) is 12.3 Å². The largest absolute Gasteiger partial charge is 0.393 e. The number of aliphatic hydroxyl groups is 1. The number of nitrogens with zero attached hydrogens (tertiary/aromatic N) is 1. The van der Waals surface area contributed by atoms with Gasteiger partial charge in [0, 0.05) is 5.56 Å². The number of hydrogen-bond donors (Lipinski definition) is 1. The standard InChI is InChI=1S/C9H13NO2/c11-9(8-2-3-8)4-1-7-5-10-12-6-7/h5-6,8-9,11H,1-4H2. The number of hydrogen-bond acceptors (Lipinski definition) is 3. The smallest absolute Gasteiger partial charge is 0.126 e. The van der Waals surface area contributed by atoms with E-state index in [-0.39, 0.29) is 6.10 Å². The van der Waals surface area contributed by atoms with E-state index < -0.39 is 0 Å². The molecule has 0 saturated heterocycles. The van der Waals surface area contributed by atoms with E-state index in [1.165, 1.54) is 12.8 Å². The SMILES string of the molecule is OC(CCc1cnoc1)C1CC1. The third-order valence-corrected chi connectivity index (χ3v) is 2.38. The van der Waals surface area contributed by atoms with Crippen LogP contribution >= 0.6 is 0 Å². The van der Waals surface area contributed by atoms with Crippen molar-refractivity contribution in [1.29, 1.82) is 0 Å². The number of rotatable bonds is 4. The van der Waals surface area contributed by atoms with Crippen molar-refractivity contribution in [2.45, 2.75) is 31.8 Å². The van der Waals surface area contributed by atoms with Gasteiger partial charge in [0.25, 0.3) is 0 Å². The van der Waals surface area contributed by atoms with Crippen molar-refractivity contribution in [3.8, 4) is 0 Å². The molecular formula is C9H13NO2. The summed E-state index contributed by atoms with van der Waals surface area (Å²) in [6, 6.07) is 0. The summed E-state index contributed by atoms with van der Waals surface area (Å²) in [6.07, 6.45) is 7.35. The lowest BCUT2D eigenvalue weighted by Gasteiger charge is -2.06. The zero-order valence-corrected chi connectivity index (χ0v) is 6.94. The molecule has 0 radical (unpaired) electrons. The van der Waals surface area contributed by atoms with Crippen LogP contribution in [0.15, 0.2) is 17.0 Å². The summed E-state index contributed by atoms with van der Waals surface area (Å²) in [6.45, 7) is 0. The Kier molecular flexibility index (Phi) is 2.13. The molecule has 0 spiro atoms. The first-order chi connectivity index (χ1) is 5.86. The zero-order valence-electron chi connectivity index (χ0n) is 6.94. The van der Waals surface area contributed by atoms with E-state index in [1.807, 2.05) is 0 Å². The Morgan fingerprint density at radius 3 is 3.08 bits per heavy atom. The topological polar surface area (TPSA) is 46.3 Å². The Bertz CT molecular complexity index is 229. The van der Waals surface area contributed by atoms with Gasteiger partial charge < -0.3 is 9.63 Å². The maximum absolute atomic E-state index is 9.54. The zero-order chi connectivity index (χ0) is 8.39. The van der Waals surface area contributed by atoms with E-state index in [4.69, 9.17) is 4.52 Å². The van der Waals surface area contributed by atoms with Gasteiger partial charge in [0.15, 0.2) is 0 Å². The second-order valence-electron chi connectivity index (χ2n) is 3.48. The average molecular weight is 167 g/mol. The van der Waals surface area contributed by atoms with Gasteiger partial charge in [-0.1, -0.05) is 5.16 Å². The lowest BCUT2D eigenvalue weighted by molar-refractivity contribution is 0.142. The monoisotopic (exact) mass is 167 g/mol. The highest BCUT2D eigenvalue weighted by Gasteiger charge is 2.29. The Balaban J connectivity index is 1.74. The second kappa shape index (κ2) is 3.27. The van der Waals surface area contributed by atoms with Gasteiger partial charge in [0.1, 0.15) is 6.26 Å². The van der Waals surface area contributed by atoms with Crippen molar-refractivity contribution in [1.82, 2.24) is 5.16 Å². The summed E-state index contributed by atoms with van der Waals surface area (Å²) in [5.74, 6) is 0.574. The number of aliphatic hydroxyl groups excluding tert-OH is 1. The molecule has 1 aliphatic carbocycles. The molecule has 1 N–H and O–H groups in total. The number of aryl methyl sites for hydroxylation is 1. The maximum atomic E-state index is 9.54. The van der Waals surface area contributed by atoms with Gasteiger partial charge in [-0.2, -0.15) is 0 Å². The minimum Gasteiger partial charge on any atom is -0.393 e. The van der Waals surface area contributed by atoms with Crippen molar-refractivity contribution in [2.75, 3.05) is 0 Å². The summed E-state index contributed by atoms with van der Waals surface area (Å²) < 4.78 is 4.69.